The van der Waals surface area contributed by atoms with E-state index < -0.39 is 10.0 Å². The Morgan fingerprint density at radius 1 is 0.871 bits per heavy atom. The van der Waals surface area contributed by atoms with E-state index in [-0.39, 0.29) is 16.7 Å². The van der Waals surface area contributed by atoms with E-state index in [9.17, 15) is 13.2 Å². The van der Waals surface area contributed by atoms with Gasteiger partial charge in [0.25, 0.3) is 15.9 Å². The Bertz CT molecular complexity index is 1190. The number of anilines is 1. The normalized spacial score (nSPS) is 12.3. The molecule has 3 aromatic rings. The molecule has 0 aliphatic rings. The fourth-order valence-electron chi connectivity index (χ4n) is 3.29. The van der Waals surface area contributed by atoms with Crippen LogP contribution >= 0.6 is 0 Å². The zero-order valence-corrected chi connectivity index (χ0v) is 19.1. The van der Waals surface area contributed by atoms with Gasteiger partial charge in [-0.1, -0.05) is 49.4 Å². The molecular formula is C25H28N2O3S. The molecule has 1 atom stereocenters. The van der Waals surface area contributed by atoms with Gasteiger partial charge in [-0.05, 0) is 73.2 Å². The third-order valence-electron chi connectivity index (χ3n) is 5.44. The van der Waals surface area contributed by atoms with Crippen molar-refractivity contribution in [1.82, 2.24) is 5.32 Å². The molecule has 0 saturated carbocycles. The minimum Gasteiger partial charge on any atom is -0.351 e. The van der Waals surface area contributed by atoms with Gasteiger partial charge in [0, 0.05) is 17.8 Å². The number of benzene rings is 3. The van der Waals surface area contributed by atoms with Crippen LogP contribution in [0.15, 0.2) is 71.6 Å². The predicted octanol–water partition coefficient (Wildman–Crippen LogP) is 4.95. The summed E-state index contributed by atoms with van der Waals surface area (Å²) in [5.74, 6) is -0.157. The van der Waals surface area contributed by atoms with Gasteiger partial charge in [0.05, 0.1) is 4.90 Å². The number of aryl methyl sites for hydroxylation is 3. The highest BCUT2D eigenvalue weighted by atomic mass is 32.2. The van der Waals surface area contributed by atoms with Crippen LogP contribution < -0.4 is 10.0 Å². The third-order valence-corrected chi connectivity index (χ3v) is 6.96. The van der Waals surface area contributed by atoms with Crippen LogP contribution in [-0.4, -0.2) is 20.9 Å². The maximum atomic E-state index is 13.0. The predicted molar refractivity (Wildman–Crippen MR) is 125 cm³/mol. The standard InChI is InChI=1S/C25H28N2O3S/c1-17-11-13-23(14-19(17)3)27-31(29,30)24-15-22(12-10-18(24)2)25(28)26-16-20(4)21-8-6-5-7-9-21/h5-15,20,27H,16H2,1-4H3,(H,26,28). The molecule has 31 heavy (non-hydrogen) atoms. The summed E-state index contributed by atoms with van der Waals surface area (Å²) in [6, 6.07) is 20.1. The molecule has 5 nitrogen and oxygen atoms in total. The number of amides is 1. The third kappa shape index (κ3) is 5.52. The van der Waals surface area contributed by atoms with Gasteiger partial charge in [0.15, 0.2) is 0 Å². The summed E-state index contributed by atoms with van der Waals surface area (Å²) in [6.45, 7) is 8.11. The van der Waals surface area contributed by atoms with E-state index in [1.165, 1.54) is 6.07 Å². The van der Waals surface area contributed by atoms with Crippen LogP contribution in [0.2, 0.25) is 0 Å². The van der Waals surface area contributed by atoms with Gasteiger partial charge in [-0.2, -0.15) is 0 Å². The van der Waals surface area contributed by atoms with Crippen LogP contribution in [0, 0.1) is 20.8 Å². The van der Waals surface area contributed by atoms with Crippen LogP contribution in [-0.2, 0) is 10.0 Å². The zero-order chi connectivity index (χ0) is 22.6. The number of hydrogen-bond donors (Lipinski definition) is 2. The highest BCUT2D eigenvalue weighted by Gasteiger charge is 2.20. The monoisotopic (exact) mass is 436 g/mol. The lowest BCUT2D eigenvalue weighted by molar-refractivity contribution is 0.0951. The Balaban J connectivity index is 1.77. The Labute approximate surface area is 184 Å². The van der Waals surface area contributed by atoms with Crippen LogP contribution in [0.1, 0.15) is 45.5 Å². The summed E-state index contributed by atoms with van der Waals surface area (Å²) < 4.78 is 28.6. The zero-order valence-electron chi connectivity index (χ0n) is 18.3. The fourth-order valence-corrected chi connectivity index (χ4v) is 4.61. The molecule has 162 valence electrons. The second-order valence-electron chi connectivity index (χ2n) is 7.91. The lowest BCUT2D eigenvalue weighted by atomic mass is 10.0. The second-order valence-corrected chi connectivity index (χ2v) is 9.56. The van der Waals surface area contributed by atoms with Crippen molar-refractivity contribution in [3.8, 4) is 0 Å². The number of nitrogens with one attached hydrogen (secondary N) is 2. The molecule has 6 heteroatoms. The first-order valence-corrected chi connectivity index (χ1v) is 11.7. The molecule has 0 aromatic heterocycles. The van der Waals surface area contributed by atoms with E-state index in [4.69, 9.17) is 0 Å². The van der Waals surface area contributed by atoms with Gasteiger partial charge in [-0.25, -0.2) is 8.42 Å². The first-order valence-electron chi connectivity index (χ1n) is 10.2. The second kappa shape index (κ2) is 9.35. The van der Waals surface area contributed by atoms with E-state index in [2.05, 4.69) is 10.0 Å². The molecule has 1 unspecified atom stereocenters. The van der Waals surface area contributed by atoms with Crippen molar-refractivity contribution in [2.75, 3.05) is 11.3 Å². The Hall–Kier alpha value is -3.12. The Morgan fingerprint density at radius 3 is 2.23 bits per heavy atom. The lowest BCUT2D eigenvalue weighted by Gasteiger charge is -2.15. The smallest absolute Gasteiger partial charge is 0.262 e. The fraction of sp³-hybridized carbons (Fsp3) is 0.240. The first kappa shape index (κ1) is 22.6. The average Bonchev–Trinajstić information content (AvgIpc) is 2.75. The molecule has 0 aliphatic carbocycles. The molecule has 0 radical (unpaired) electrons. The van der Waals surface area contributed by atoms with E-state index in [1.54, 1.807) is 31.2 Å². The summed E-state index contributed by atoms with van der Waals surface area (Å²) in [4.78, 5) is 12.8. The molecular weight excluding hydrogens is 408 g/mol. The van der Waals surface area contributed by atoms with Crippen molar-refractivity contribution in [1.29, 1.82) is 0 Å². The summed E-state index contributed by atoms with van der Waals surface area (Å²) in [5, 5.41) is 2.90. The molecule has 2 N–H and O–H groups in total. The van der Waals surface area contributed by atoms with Crippen molar-refractivity contribution in [3.63, 3.8) is 0 Å². The van der Waals surface area contributed by atoms with E-state index >= 15 is 0 Å². The number of hydrogen-bond acceptors (Lipinski definition) is 3. The minimum absolute atomic E-state index is 0.0921. The number of sulfonamides is 1. The highest BCUT2D eigenvalue weighted by Crippen LogP contribution is 2.22. The van der Waals surface area contributed by atoms with Gasteiger partial charge in [0.2, 0.25) is 0 Å². The van der Waals surface area contributed by atoms with E-state index in [1.807, 2.05) is 57.2 Å². The average molecular weight is 437 g/mol. The molecule has 0 bridgehead atoms. The summed E-state index contributed by atoms with van der Waals surface area (Å²) in [7, 11) is -3.83. The van der Waals surface area contributed by atoms with Gasteiger partial charge >= 0.3 is 0 Å². The molecule has 3 aromatic carbocycles. The SMILES string of the molecule is Cc1ccc(NS(=O)(=O)c2cc(C(=O)NCC(C)c3ccccc3)ccc2C)cc1C. The Kier molecular flexibility index (Phi) is 6.81. The highest BCUT2D eigenvalue weighted by molar-refractivity contribution is 7.92. The first-order chi connectivity index (χ1) is 14.7. The molecule has 0 spiro atoms. The Morgan fingerprint density at radius 2 is 1.55 bits per heavy atom. The number of carbonyl (C=O) groups excluding carboxylic acids is 1. The number of rotatable bonds is 7. The van der Waals surface area contributed by atoms with Crippen molar-refractivity contribution >= 4 is 21.6 Å². The largest absolute Gasteiger partial charge is 0.351 e. The molecule has 0 aliphatic heterocycles. The maximum absolute atomic E-state index is 13.0. The maximum Gasteiger partial charge on any atom is 0.262 e. The topological polar surface area (TPSA) is 75.3 Å². The van der Waals surface area contributed by atoms with Crippen LogP contribution in [0.25, 0.3) is 0 Å². The molecule has 0 heterocycles. The van der Waals surface area contributed by atoms with E-state index in [0.717, 1.165) is 16.7 Å². The molecule has 1 amide bonds. The molecule has 0 fully saturated rings. The van der Waals surface area contributed by atoms with Gasteiger partial charge < -0.3 is 5.32 Å². The van der Waals surface area contributed by atoms with Crippen LogP contribution in [0.3, 0.4) is 0 Å². The van der Waals surface area contributed by atoms with Crippen molar-refractivity contribution in [2.24, 2.45) is 0 Å². The summed E-state index contributed by atoms with van der Waals surface area (Å²) >= 11 is 0. The van der Waals surface area contributed by atoms with E-state index in [0.29, 0.717) is 23.4 Å². The van der Waals surface area contributed by atoms with Crippen LogP contribution in [0.4, 0.5) is 5.69 Å². The molecule has 0 saturated heterocycles. The van der Waals surface area contributed by atoms with Gasteiger partial charge in [0.1, 0.15) is 0 Å². The van der Waals surface area contributed by atoms with Crippen molar-refractivity contribution < 1.29 is 13.2 Å². The van der Waals surface area contributed by atoms with Crippen molar-refractivity contribution in [3.05, 3.63) is 94.5 Å². The van der Waals surface area contributed by atoms with Gasteiger partial charge in [-0.15, -0.1) is 0 Å². The molecule has 3 rings (SSSR count). The quantitative estimate of drug-likeness (QED) is 0.550. The van der Waals surface area contributed by atoms with Crippen molar-refractivity contribution in [2.45, 2.75) is 38.5 Å². The van der Waals surface area contributed by atoms with Gasteiger partial charge in [-0.3, -0.25) is 9.52 Å². The van der Waals surface area contributed by atoms with Crippen LogP contribution in [0.5, 0.6) is 0 Å². The number of carbonyl (C=O) groups is 1. The lowest BCUT2D eigenvalue weighted by Crippen LogP contribution is -2.28. The summed E-state index contributed by atoms with van der Waals surface area (Å²) in [5.41, 5.74) is 4.60. The minimum atomic E-state index is -3.83. The summed E-state index contributed by atoms with van der Waals surface area (Å²) in [6.07, 6.45) is 0.